The summed E-state index contributed by atoms with van der Waals surface area (Å²) < 4.78 is 31.8. The van der Waals surface area contributed by atoms with Gasteiger partial charge in [-0.2, -0.15) is 14.9 Å². The van der Waals surface area contributed by atoms with Crippen molar-refractivity contribution in [3.05, 3.63) is 48.8 Å². The monoisotopic (exact) mass is 439 g/mol. The molecule has 10 nitrogen and oxygen atoms in total. The Hall–Kier alpha value is -3.28. The van der Waals surface area contributed by atoms with Crippen LogP contribution in [-0.2, 0) is 14.8 Å². The number of aromatic nitrogens is 5. The zero-order valence-electron chi connectivity index (χ0n) is 16.8. The number of aromatic amines is 1. The van der Waals surface area contributed by atoms with E-state index in [0.717, 1.165) is 0 Å². The number of morpholine rings is 1. The Labute approximate surface area is 178 Å². The summed E-state index contributed by atoms with van der Waals surface area (Å²) in [7, 11) is -3.93. The van der Waals surface area contributed by atoms with Crippen molar-refractivity contribution in [2.45, 2.75) is 17.9 Å². The van der Waals surface area contributed by atoms with Crippen LogP contribution in [0.4, 0.5) is 5.82 Å². The number of benzene rings is 1. The summed E-state index contributed by atoms with van der Waals surface area (Å²) >= 11 is 0. The van der Waals surface area contributed by atoms with Crippen molar-refractivity contribution in [1.82, 2.24) is 25.0 Å². The van der Waals surface area contributed by atoms with E-state index in [1.54, 1.807) is 41.3 Å². The Morgan fingerprint density at radius 3 is 2.77 bits per heavy atom. The minimum Gasteiger partial charge on any atom is -0.377 e. The van der Waals surface area contributed by atoms with Crippen LogP contribution in [0.15, 0.2) is 53.7 Å². The first-order chi connectivity index (χ1) is 14.9. The van der Waals surface area contributed by atoms with E-state index in [-0.39, 0.29) is 10.9 Å². The molecule has 11 heteroatoms. The van der Waals surface area contributed by atoms with Gasteiger partial charge in [-0.1, -0.05) is 18.2 Å². The lowest BCUT2D eigenvalue weighted by molar-refractivity contribution is 0.0985. The first-order valence-electron chi connectivity index (χ1n) is 9.79. The van der Waals surface area contributed by atoms with Crippen molar-refractivity contribution in [2.24, 2.45) is 5.14 Å². The molecule has 1 atom stereocenters. The van der Waals surface area contributed by atoms with Gasteiger partial charge in [0.2, 0.25) is 10.0 Å². The van der Waals surface area contributed by atoms with E-state index in [4.69, 9.17) is 14.9 Å². The number of nitrogens with two attached hydrogens (primary N) is 1. The number of nitrogens with one attached hydrogen (secondary N) is 1. The summed E-state index contributed by atoms with van der Waals surface area (Å²) in [5, 5.41) is 17.7. The molecule has 31 heavy (non-hydrogen) atoms. The Morgan fingerprint density at radius 1 is 1.19 bits per heavy atom. The van der Waals surface area contributed by atoms with Crippen LogP contribution in [0.5, 0.6) is 0 Å². The molecule has 1 aromatic carbocycles. The van der Waals surface area contributed by atoms with Gasteiger partial charge >= 0.3 is 0 Å². The average Bonchev–Trinajstić information content (AvgIpc) is 3.42. The third kappa shape index (κ3) is 3.46. The summed E-state index contributed by atoms with van der Waals surface area (Å²) in [6.45, 7) is 3.91. The van der Waals surface area contributed by atoms with E-state index in [9.17, 15) is 8.42 Å². The Bertz CT molecular complexity index is 1350. The van der Waals surface area contributed by atoms with Gasteiger partial charge in [-0.3, -0.25) is 5.10 Å². The smallest absolute Gasteiger partial charge is 0.238 e. The van der Waals surface area contributed by atoms with Gasteiger partial charge in [0.05, 0.1) is 30.3 Å². The molecule has 4 heterocycles. The number of sulfonamides is 1. The highest BCUT2D eigenvalue weighted by atomic mass is 32.2. The van der Waals surface area contributed by atoms with Gasteiger partial charge in [-0.25, -0.2) is 18.5 Å². The van der Waals surface area contributed by atoms with Crippen molar-refractivity contribution in [3.8, 4) is 16.9 Å². The summed E-state index contributed by atoms with van der Waals surface area (Å²) in [6, 6.07) is 10.5. The normalized spacial score (nSPS) is 17.4. The van der Waals surface area contributed by atoms with Crippen LogP contribution in [0.3, 0.4) is 0 Å². The molecular formula is C20H21N7O3S. The van der Waals surface area contributed by atoms with Crippen LogP contribution in [0.1, 0.15) is 6.92 Å². The van der Waals surface area contributed by atoms with Gasteiger partial charge in [0.15, 0.2) is 11.5 Å². The number of anilines is 1. The van der Waals surface area contributed by atoms with E-state index in [2.05, 4.69) is 27.1 Å². The zero-order chi connectivity index (χ0) is 21.6. The largest absolute Gasteiger partial charge is 0.377 e. The summed E-state index contributed by atoms with van der Waals surface area (Å²) in [6.07, 6.45) is 3.37. The number of fused-ring (bicyclic) bond motifs is 1. The first kappa shape index (κ1) is 19.7. The predicted octanol–water partition coefficient (Wildman–Crippen LogP) is 1.68. The maximum Gasteiger partial charge on any atom is 0.238 e. The zero-order valence-corrected chi connectivity index (χ0v) is 17.6. The molecule has 1 aliphatic heterocycles. The second kappa shape index (κ2) is 7.45. The van der Waals surface area contributed by atoms with Crippen LogP contribution >= 0.6 is 0 Å². The predicted molar refractivity (Wildman–Crippen MR) is 115 cm³/mol. The molecular weight excluding hydrogens is 418 g/mol. The molecule has 3 aromatic heterocycles. The molecule has 0 bridgehead atoms. The number of hydrogen-bond donors (Lipinski definition) is 2. The van der Waals surface area contributed by atoms with Gasteiger partial charge in [-0.05, 0) is 24.6 Å². The highest BCUT2D eigenvalue weighted by Gasteiger charge is 2.25. The molecule has 1 unspecified atom stereocenters. The standard InChI is InChI=1S/C20H21N7O3S/c1-13-12-30-9-8-26(13)19-10-15(14-4-2-3-5-17(14)31(21,28)29)16-11-23-27(20(16)24-19)18-6-7-22-25-18/h2-7,10-11,13H,8-9,12H2,1H3,(H,22,25)(H2,21,28,29). The lowest BCUT2D eigenvalue weighted by Gasteiger charge is -2.34. The second-order valence-electron chi connectivity index (χ2n) is 7.41. The number of nitrogens with zero attached hydrogens (tertiary/aromatic N) is 5. The summed E-state index contributed by atoms with van der Waals surface area (Å²) in [5.74, 6) is 1.29. The summed E-state index contributed by atoms with van der Waals surface area (Å²) in [5.41, 5.74) is 1.76. The molecule has 0 radical (unpaired) electrons. The van der Waals surface area contributed by atoms with E-state index >= 15 is 0 Å². The molecule has 160 valence electrons. The third-order valence-corrected chi connectivity index (χ3v) is 6.35. The molecule has 1 saturated heterocycles. The summed E-state index contributed by atoms with van der Waals surface area (Å²) in [4.78, 5) is 7.08. The van der Waals surface area contributed by atoms with Crippen molar-refractivity contribution >= 4 is 26.9 Å². The Morgan fingerprint density at radius 2 is 2.03 bits per heavy atom. The Kier molecular flexibility index (Phi) is 4.73. The number of hydrogen-bond acceptors (Lipinski definition) is 7. The van der Waals surface area contributed by atoms with Crippen molar-refractivity contribution < 1.29 is 13.2 Å². The molecule has 3 N–H and O–H groups in total. The number of H-pyrrole nitrogens is 1. The minimum atomic E-state index is -3.93. The van der Waals surface area contributed by atoms with Crippen LogP contribution in [0.2, 0.25) is 0 Å². The maximum absolute atomic E-state index is 12.3. The van der Waals surface area contributed by atoms with Crippen LogP contribution in [-0.4, -0.2) is 59.2 Å². The third-order valence-electron chi connectivity index (χ3n) is 5.38. The van der Waals surface area contributed by atoms with Gasteiger partial charge in [-0.15, -0.1) is 0 Å². The van der Waals surface area contributed by atoms with Crippen molar-refractivity contribution in [1.29, 1.82) is 0 Å². The van der Waals surface area contributed by atoms with E-state index in [1.807, 2.05) is 6.07 Å². The van der Waals surface area contributed by atoms with Crippen LogP contribution < -0.4 is 10.0 Å². The molecule has 4 aromatic rings. The first-order valence-corrected chi connectivity index (χ1v) is 11.3. The molecule has 0 saturated carbocycles. The molecule has 0 aliphatic carbocycles. The molecule has 0 spiro atoms. The fourth-order valence-corrected chi connectivity index (χ4v) is 4.65. The van der Waals surface area contributed by atoms with Crippen molar-refractivity contribution in [2.75, 3.05) is 24.7 Å². The van der Waals surface area contributed by atoms with E-state index in [0.29, 0.717) is 53.6 Å². The lowest BCUT2D eigenvalue weighted by Crippen LogP contribution is -2.44. The Balaban J connectivity index is 1.81. The second-order valence-corrected chi connectivity index (χ2v) is 8.94. The average molecular weight is 440 g/mol. The van der Waals surface area contributed by atoms with Crippen LogP contribution in [0, 0.1) is 0 Å². The molecule has 1 fully saturated rings. The highest BCUT2D eigenvalue weighted by Crippen LogP contribution is 2.36. The van der Waals surface area contributed by atoms with Crippen LogP contribution in [0.25, 0.3) is 28.0 Å². The molecule has 0 amide bonds. The van der Waals surface area contributed by atoms with Gasteiger partial charge in [0.1, 0.15) is 5.82 Å². The van der Waals surface area contributed by atoms with Crippen molar-refractivity contribution in [3.63, 3.8) is 0 Å². The quantitative estimate of drug-likeness (QED) is 0.494. The van der Waals surface area contributed by atoms with E-state index < -0.39 is 10.0 Å². The lowest BCUT2D eigenvalue weighted by atomic mass is 10.0. The number of ether oxygens (including phenoxy) is 1. The minimum absolute atomic E-state index is 0.0518. The van der Waals surface area contributed by atoms with Gasteiger partial charge in [0.25, 0.3) is 0 Å². The fourth-order valence-electron chi connectivity index (χ4n) is 3.90. The molecule has 1 aliphatic rings. The number of primary sulfonamides is 1. The number of rotatable bonds is 4. The highest BCUT2D eigenvalue weighted by molar-refractivity contribution is 7.89. The topological polar surface area (TPSA) is 132 Å². The SMILES string of the molecule is CC1COCCN1c1cc(-c2ccccc2S(N)(=O)=O)c2cnn(-c3cc[nH]n3)c2n1. The van der Waals surface area contributed by atoms with Gasteiger partial charge in [0, 0.05) is 29.8 Å². The maximum atomic E-state index is 12.3. The van der Waals surface area contributed by atoms with Gasteiger partial charge < -0.3 is 9.64 Å². The number of pyridine rings is 1. The van der Waals surface area contributed by atoms with E-state index in [1.165, 1.54) is 6.07 Å². The fraction of sp³-hybridized carbons (Fsp3) is 0.250. The molecule has 5 rings (SSSR count).